The molecule has 0 aromatic heterocycles. The van der Waals surface area contributed by atoms with E-state index in [1.54, 1.807) is 19.1 Å². The van der Waals surface area contributed by atoms with Gasteiger partial charge >= 0.3 is 0 Å². The highest BCUT2D eigenvalue weighted by atomic mass is 35.5. The molecule has 22 heavy (non-hydrogen) atoms. The van der Waals surface area contributed by atoms with Crippen LogP contribution in [0, 0.1) is 0 Å². The van der Waals surface area contributed by atoms with Gasteiger partial charge in [0, 0.05) is 16.6 Å². The van der Waals surface area contributed by atoms with Crippen LogP contribution in [-0.2, 0) is 16.1 Å². The first-order valence-electron chi connectivity index (χ1n) is 6.95. The molecule has 1 atom stereocenters. The summed E-state index contributed by atoms with van der Waals surface area (Å²) in [7, 11) is 0. The Morgan fingerprint density at radius 2 is 2.09 bits per heavy atom. The van der Waals surface area contributed by atoms with E-state index >= 15 is 0 Å². The maximum absolute atomic E-state index is 11.9. The molecule has 0 saturated heterocycles. The van der Waals surface area contributed by atoms with Gasteiger partial charge in [-0.05, 0) is 31.0 Å². The van der Waals surface area contributed by atoms with Crippen LogP contribution in [0.5, 0.6) is 0 Å². The quantitative estimate of drug-likeness (QED) is 0.689. The number of ether oxygens (including phenoxy) is 1. The molecule has 1 aromatic rings. The van der Waals surface area contributed by atoms with Crippen molar-refractivity contribution >= 4 is 41.5 Å². The smallest absolute Gasteiger partial charge is 0.239 e. The SMILES string of the molecule is CCCC(C)(N)C(=O)NCCOCc1ccc(Cl)cc1Cl.Cl. The summed E-state index contributed by atoms with van der Waals surface area (Å²) in [5.74, 6) is -0.155. The van der Waals surface area contributed by atoms with Gasteiger partial charge in [-0.3, -0.25) is 4.79 Å². The molecule has 4 nitrogen and oxygen atoms in total. The lowest BCUT2D eigenvalue weighted by Gasteiger charge is -2.22. The molecule has 0 aliphatic carbocycles. The number of hydrogen-bond acceptors (Lipinski definition) is 3. The Hall–Kier alpha value is -0.520. The molecule has 0 heterocycles. The van der Waals surface area contributed by atoms with Crippen molar-refractivity contribution in [3.05, 3.63) is 33.8 Å². The molecule has 1 aromatic carbocycles. The number of amides is 1. The van der Waals surface area contributed by atoms with Crippen molar-refractivity contribution in [3.8, 4) is 0 Å². The molecule has 1 unspecified atom stereocenters. The third kappa shape index (κ3) is 7.16. The van der Waals surface area contributed by atoms with E-state index in [0.29, 0.717) is 36.2 Å². The fourth-order valence-corrected chi connectivity index (χ4v) is 2.36. The predicted octanol–water partition coefficient (Wildman–Crippen LogP) is 3.57. The van der Waals surface area contributed by atoms with Crippen molar-refractivity contribution in [2.75, 3.05) is 13.2 Å². The highest BCUT2D eigenvalue weighted by Gasteiger charge is 2.26. The van der Waals surface area contributed by atoms with Gasteiger partial charge in [-0.1, -0.05) is 42.6 Å². The van der Waals surface area contributed by atoms with E-state index in [2.05, 4.69) is 5.32 Å². The molecule has 1 rings (SSSR count). The number of nitrogens with one attached hydrogen (secondary N) is 1. The lowest BCUT2D eigenvalue weighted by molar-refractivity contribution is -0.126. The van der Waals surface area contributed by atoms with Crippen molar-refractivity contribution in [2.45, 2.75) is 38.8 Å². The summed E-state index contributed by atoms with van der Waals surface area (Å²) >= 11 is 11.9. The van der Waals surface area contributed by atoms with E-state index in [9.17, 15) is 4.79 Å². The molecule has 0 bridgehead atoms. The number of rotatable bonds is 8. The molecule has 0 saturated carbocycles. The monoisotopic (exact) mass is 368 g/mol. The second-order valence-electron chi connectivity index (χ2n) is 5.21. The minimum absolute atomic E-state index is 0. The van der Waals surface area contributed by atoms with Gasteiger partial charge in [0.15, 0.2) is 0 Å². The first-order valence-corrected chi connectivity index (χ1v) is 7.71. The van der Waals surface area contributed by atoms with Gasteiger partial charge < -0.3 is 15.8 Å². The minimum Gasteiger partial charge on any atom is -0.375 e. The molecular formula is C15H23Cl3N2O2. The molecule has 0 aliphatic rings. The number of carbonyl (C=O) groups is 1. The van der Waals surface area contributed by atoms with E-state index in [1.807, 2.05) is 13.0 Å². The van der Waals surface area contributed by atoms with Crippen LogP contribution in [0.4, 0.5) is 0 Å². The summed E-state index contributed by atoms with van der Waals surface area (Å²) < 4.78 is 5.48. The third-order valence-corrected chi connectivity index (χ3v) is 3.68. The van der Waals surface area contributed by atoms with E-state index < -0.39 is 5.54 Å². The van der Waals surface area contributed by atoms with Crippen molar-refractivity contribution in [2.24, 2.45) is 5.73 Å². The summed E-state index contributed by atoms with van der Waals surface area (Å²) in [5.41, 5.74) is 5.97. The Balaban J connectivity index is 0.00000441. The lowest BCUT2D eigenvalue weighted by Crippen LogP contribution is -2.52. The zero-order valence-corrected chi connectivity index (χ0v) is 15.2. The van der Waals surface area contributed by atoms with Crippen LogP contribution in [0.2, 0.25) is 10.0 Å². The first kappa shape index (κ1) is 21.5. The van der Waals surface area contributed by atoms with Gasteiger partial charge in [0.25, 0.3) is 0 Å². The van der Waals surface area contributed by atoms with Crippen LogP contribution in [-0.4, -0.2) is 24.6 Å². The summed E-state index contributed by atoms with van der Waals surface area (Å²) in [6, 6.07) is 5.26. The van der Waals surface area contributed by atoms with Crippen molar-refractivity contribution in [1.82, 2.24) is 5.32 Å². The van der Waals surface area contributed by atoms with Crippen molar-refractivity contribution in [1.29, 1.82) is 0 Å². The Morgan fingerprint density at radius 1 is 1.41 bits per heavy atom. The van der Waals surface area contributed by atoms with E-state index in [0.717, 1.165) is 12.0 Å². The molecule has 0 fully saturated rings. The highest BCUT2D eigenvalue weighted by molar-refractivity contribution is 6.35. The van der Waals surface area contributed by atoms with E-state index in [-0.39, 0.29) is 18.3 Å². The Labute approximate surface area is 148 Å². The molecule has 0 radical (unpaired) electrons. The average Bonchev–Trinajstić information content (AvgIpc) is 2.40. The fourth-order valence-electron chi connectivity index (χ4n) is 1.89. The normalized spacial score (nSPS) is 13.1. The number of nitrogens with two attached hydrogens (primary N) is 1. The molecule has 3 N–H and O–H groups in total. The topological polar surface area (TPSA) is 64.4 Å². The Kier molecular flexibility index (Phi) is 10.0. The van der Waals surface area contributed by atoms with Gasteiger partial charge in [-0.25, -0.2) is 0 Å². The van der Waals surface area contributed by atoms with Gasteiger partial charge in [-0.2, -0.15) is 0 Å². The van der Waals surface area contributed by atoms with E-state index in [1.165, 1.54) is 0 Å². The van der Waals surface area contributed by atoms with Crippen LogP contribution in [0.1, 0.15) is 32.3 Å². The molecule has 0 spiro atoms. The second-order valence-corrected chi connectivity index (χ2v) is 6.06. The maximum Gasteiger partial charge on any atom is 0.239 e. The van der Waals surface area contributed by atoms with Crippen LogP contribution >= 0.6 is 35.6 Å². The molecule has 126 valence electrons. The number of halogens is 3. The largest absolute Gasteiger partial charge is 0.375 e. The molecule has 1 amide bonds. The van der Waals surface area contributed by atoms with E-state index in [4.69, 9.17) is 33.7 Å². The summed E-state index contributed by atoms with van der Waals surface area (Å²) in [5, 5.41) is 3.94. The standard InChI is InChI=1S/C15H22Cl2N2O2.ClH/c1-3-6-15(2,18)14(20)19-7-8-21-10-11-4-5-12(16)9-13(11)17;/h4-5,9H,3,6-8,10,18H2,1-2H3,(H,19,20);1H. The van der Waals surface area contributed by atoms with Crippen LogP contribution in [0.3, 0.4) is 0 Å². The number of carbonyl (C=O) groups excluding carboxylic acids is 1. The predicted molar refractivity (Wildman–Crippen MR) is 93.9 cm³/mol. The minimum atomic E-state index is -0.825. The average molecular weight is 370 g/mol. The summed E-state index contributed by atoms with van der Waals surface area (Å²) in [6.07, 6.45) is 1.52. The number of benzene rings is 1. The Morgan fingerprint density at radius 3 is 2.68 bits per heavy atom. The lowest BCUT2D eigenvalue weighted by atomic mass is 9.97. The number of hydrogen-bond donors (Lipinski definition) is 2. The second kappa shape index (κ2) is 10.3. The van der Waals surface area contributed by atoms with Crippen molar-refractivity contribution in [3.63, 3.8) is 0 Å². The first-order chi connectivity index (χ1) is 9.86. The zero-order valence-electron chi connectivity index (χ0n) is 12.8. The van der Waals surface area contributed by atoms with Gasteiger partial charge in [0.2, 0.25) is 5.91 Å². The molecular weight excluding hydrogens is 347 g/mol. The van der Waals surface area contributed by atoms with Crippen LogP contribution in [0.25, 0.3) is 0 Å². The van der Waals surface area contributed by atoms with Gasteiger partial charge in [0.05, 0.1) is 18.8 Å². The molecule has 7 heteroatoms. The van der Waals surface area contributed by atoms with Crippen LogP contribution in [0.15, 0.2) is 18.2 Å². The summed E-state index contributed by atoms with van der Waals surface area (Å²) in [6.45, 7) is 4.92. The highest BCUT2D eigenvalue weighted by Crippen LogP contribution is 2.21. The molecule has 0 aliphatic heterocycles. The summed E-state index contributed by atoms with van der Waals surface area (Å²) in [4.78, 5) is 11.9. The van der Waals surface area contributed by atoms with Crippen LogP contribution < -0.4 is 11.1 Å². The van der Waals surface area contributed by atoms with Gasteiger partial charge in [0.1, 0.15) is 0 Å². The Bertz CT molecular complexity index is 482. The maximum atomic E-state index is 11.9. The zero-order chi connectivity index (χ0) is 15.9. The fraction of sp³-hybridized carbons (Fsp3) is 0.533. The van der Waals surface area contributed by atoms with Crippen molar-refractivity contribution < 1.29 is 9.53 Å². The van der Waals surface area contributed by atoms with Gasteiger partial charge in [-0.15, -0.1) is 12.4 Å². The third-order valence-electron chi connectivity index (χ3n) is 3.09.